The molecule has 1 N–H and O–H groups in total. The van der Waals surface area contributed by atoms with Crippen molar-refractivity contribution in [3.63, 3.8) is 0 Å². The maximum Gasteiger partial charge on any atom is 0.141 e. The molecule has 2 aromatic rings. The molecule has 0 aliphatic heterocycles. The van der Waals surface area contributed by atoms with Crippen molar-refractivity contribution < 1.29 is 4.79 Å². The number of fused-ring (bicyclic) bond motifs is 1. The van der Waals surface area contributed by atoms with Crippen LogP contribution in [-0.2, 0) is 11.2 Å². The van der Waals surface area contributed by atoms with Crippen LogP contribution in [0.2, 0.25) is 0 Å². The normalized spacial score (nSPS) is 12.6. The number of hydrogen-bond donors (Lipinski definition) is 1. The van der Waals surface area contributed by atoms with Crippen molar-refractivity contribution in [3.05, 3.63) is 42.1 Å². The van der Waals surface area contributed by atoms with E-state index in [1.165, 1.54) is 0 Å². The summed E-state index contributed by atoms with van der Waals surface area (Å²) in [6.45, 7) is 2.68. The minimum absolute atomic E-state index is 0.0435. The maximum atomic E-state index is 12.1. The van der Waals surface area contributed by atoms with E-state index in [0.29, 0.717) is 6.42 Å². The van der Waals surface area contributed by atoms with Crippen molar-refractivity contribution in [2.75, 3.05) is 13.6 Å². The van der Waals surface area contributed by atoms with Crippen LogP contribution in [0.25, 0.3) is 10.9 Å². The second kappa shape index (κ2) is 5.74. The number of para-hydroxylation sites is 1. The summed E-state index contributed by atoms with van der Waals surface area (Å²) < 4.78 is 0. The van der Waals surface area contributed by atoms with E-state index in [2.05, 4.69) is 10.3 Å². The molecular formula is C15H18N2O. The molecule has 0 aliphatic rings. The van der Waals surface area contributed by atoms with Gasteiger partial charge in [0.2, 0.25) is 0 Å². The highest BCUT2D eigenvalue weighted by molar-refractivity contribution is 5.89. The molecule has 3 nitrogen and oxygen atoms in total. The van der Waals surface area contributed by atoms with Gasteiger partial charge in [-0.3, -0.25) is 9.78 Å². The molecule has 0 aliphatic carbocycles. The van der Waals surface area contributed by atoms with Crippen molar-refractivity contribution in [1.82, 2.24) is 10.3 Å². The van der Waals surface area contributed by atoms with Gasteiger partial charge >= 0.3 is 0 Å². The molecule has 0 saturated heterocycles. The Morgan fingerprint density at radius 1 is 1.33 bits per heavy atom. The molecule has 18 heavy (non-hydrogen) atoms. The molecule has 0 radical (unpaired) electrons. The van der Waals surface area contributed by atoms with E-state index in [1.54, 1.807) is 6.20 Å². The Morgan fingerprint density at radius 2 is 2.11 bits per heavy atom. The predicted molar refractivity (Wildman–Crippen MR) is 73.5 cm³/mol. The number of aromatic nitrogens is 1. The summed E-state index contributed by atoms with van der Waals surface area (Å²) in [5.74, 6) is 0.308. The molecule has 1 atom stereocenters. The first-order chi connectivity index (χ1) is 8.72. The molecule has 2 rings (SSSR count). The van der Waals surface area contributed by atoms with Gasteiger partial charge in [-0.15, -0.1) is 0 Å². The number of carbonyl (C=O) groups is 1. The number of pyridine rings is 1. The molecule has 94 valence electrons. The Bertz CT molecular complexity index is 546. The van der Waals surface area contributed by atoms with Crippen LogP contribution in [0.1, 0.15) is 12.5 Å². The lowest BCUT2D eigenvalue weighted by atomic mass is 9.97. The Kier molecular flexibility index (Phi) is 4.05. The van der Waals surface area contributed by atoms with Crippen LogP contribution in [-0.4, -0.2) is 24.4 Å². The highest BCUT2D eigenvalue weighted by Gasteiger charge is 2.13. The van der Waals surface area contributed by atoms with Crippen molar-refractivity contribution in [2.24, 2.45) is 5.92 Å². The first kappa shape index (κ1) is 12.7. The Balaban J connectivity index is 2.24. The molecule has 0 fully saturated rings. The van der Waals surface area contributed by atoms with Crippen molar-refractivity contribution in [1.29, 1.82) is 0 Å². The van der Waals surface area contributed by atoms with Crippen LogP contribution in [0.3, 0.4) is 0 Å². The molecule has 1 unspecified atom stereocenters. The number of benzene rings is 1. The van der Waals surface area contributed by atoms with Crippen LogP contribution in [0.4, 0.5) is 0 Å². The van der Waals surface area contributed by atoms with Gasteiger partial charge in [-0.25, -0.2) is 0 Å². The van der Waals surface area contributed by atoms with Gasteiger partial charge < -0.3 is 5.32 Å². The zero-order valence-electron chi connectivity index (χ0n) is 10.8. The highest BCUT2D eigenvalue weighted by Crippen LogP contribution is 2.17. The molecule has 1 aromatic heterocycles. The van der Waals surface area contributed by atoms with Gasteiger partial charge in [-0.1, -0.05) is 25.1 Å². The number of carbonyl (C=O) groups excluding carboxylic acids is 1. The van der Waals surface area contributed by atoms with Gasteiger partial charge in [0.15, 0.2) is 0 Å². The third kappa shape index (κ3) is 2.74. The number of nitrogens with zero attached hydrogens (tertiary/aromatic N) is 1. The van der Waals surface area contributed by atoms with Crippen LogP contribution in [0, 0.1) is 5.92 Å². The van der Waals surface area contributed by atoms with Gasteiger partial charge in [0.05, 0.1) is 5.52 Å². The van der Waals surface area contributed by atoms with Gasteiger partial charge in [0, 0.05) is 30.5 Å². The third-order valence-electron chi connectivity index (χ3n) is 3.16. The fourth-order valence-electron chi connectivity index (χ4n) is 2.09. The molecule has 3 heteroatoms. The van der Waals surface area contributed by atoms with E-state index in [-0.39, 0.29) is 11.7 Å². The smallest absolute Gasteiger partial charge is 0.141 e. The second-order valence-corrected chi connectivity index (χ2v) is 4.59. The van der Waals surface area contributed by atoms with Gasteiger partial charge in [-0.05, 0) is 24.7 Å². The van der Waals surface area contributed by atoms with E-state index >= 15 is 0 Å². The topological polar surface area (TPSA) is 42.0 Å². The molecule has 0 amide bonds. The Labute approximate surface area is 107 Å². The van der Waals surface area contributed by atoms with Crippen molar-refractivity contribution >= 4 is 16.7 Å². The first-order valence-corrected chi connectivity index (χ1v) is 6.22. The van der Waals surface area contributed by atoms with E-state index in [1.807, 2.05) is 44.3 Å². The number of hydrogen-bond acceptors (Lipinski definition) is 3. The summed E-state index contributed by atoms with van der Waals surface area (Å²) in [5, 5.41) is 4.11. The summed E-state index contributed by atoms with van der Waals surface area (Å²) in [5.41, 5.74) is 2.01. The standard InChI is InChI=1S/C15H18N2O/c1-11(10-16-2)15(18)9-12-7-8-17-14-6-4-3-5-13(12)14/h3-8,11,16H,9-10H2,1-2H3. The number of nitrogens with one attached hydrogen (secondary N) is 1. The number of ketones is 1. The minimum atomic E-state index is 0.0435. The molecule has 1 aromatic carbocycles. The Morgan fingerprint density at radius 3 is 2.89 bits per heavy atom. The fourth-order valence-corrected chi connectivity index (χ4v) is 2.09. The fraction of sp³-hybridized carbons (Fsp3) is 0.333. The third-order valence-corrected chi connectivity index (χ3v) is 3.16. The minimum Gasteiger partial charge on any atom is -0.319 e. The molecular weight excluding hydrogens is 224 g/mol. The lowest BCUT2D eigenvalue weighted by Crippen LogP contribution is -2.24. The van der Waals surface area contributed by atoms with Crippen LogP contribution < -0.4 is 5.32 Å². The second-order valence-electron chi connectivity index (χ2n) is 4.59. The van der Waals surface area contributed by atoms with E-state index < -0.39 is 0 Å². The van der Waals surface area contributed by atoms with Crippen LogP contribution in [0.5, 0.6) is 0 Å². The monoisotopic (exact) mass is 242 g/mol. The van der Waals surface area contributed by atoms with Crippen molar-refractivity contribution in [2.45, 2.75) is 13.3 Å². The molecule has 0 bridgehead atoms. The molecule has 0 saturated carbocycles. The van der Waals surface area contributed by atoms with Gasteiger partial charge in [0.25, 0.3) is 0 Å². The summed E-state index contributed by atoms with van der Waals surface area (Å²) >= 11 is 0. The quantitative estimate of drug-likeness (QED) is 0.874. The van der Waals surface area contributed by atoms with Gasteiger partial charge in [0.1, 0.15) is 5.78 Å². The summed E-state index contributed by atoms with van der Waals surface area (Å²) in [6.07, 6.45) is 2.25. The lowest BCUT2D eigenvalue weighted by molar-refractivity contribution is -0.121. The van der Waals surface area contributed by atoms with Crippen molar-refractivity contribution in [3.8, 4) is 0 Å². The number of rotatable bonds is 5. The van der Waals surface area contributed by atoms with Crippen LogP contribution >= 0.6 is 0 Å². The van der Waals surface area contributed by atoms with E-state index in [4.69, 9.17) is 0 Å². The predicted octanol–water partition coefficient (Wildman–Crippen LogP) is 2.20. The Hall–Kier alpha value is -1.74. The summed E-state index contributed by atoms with van der Waals surface area (Å²) in [6, 6.07) is 9.87. The lowest BCUT2D eigenvalue weighted by Gasteiger charge is -2.10. The van der Waals surface area contributed by atoms with Gasteiger partial charge in [-0.2, -0.15) is 0 Å². The molecule has 0 spiro atoms. The summed E-state index contributed by atoms with van der Waals surface area (Å²) in [7, 11) is 1.87. The average molecular weight is 242 g/mol. The first-order valence-electron chi connectivity index (χ1n) is 6.22. The van der Waals surface area contributed by atoms with E-state index in [0.717, 1.165) is 23.0 Å². The zero-order chi connectivity index (χ0) is 13.0. The average Bonchev–Trinajstić information content (AvgIpc) is 2.39. The van der Waals surface area contributed by atoms with E-state index in [9.17, 15) is 4.79 Å². The molecule has 1 heterocycles. The van der Waals surface area contributed by atoms with Crippen LogP contribution in [0.15, 0.2) is 36.5 Å². The SMILES string of the molecule is CNCC(C)C(=O)Cc1ccnc2ccccc12. The largest absolute Gasteiger partial charge is 0.319 e. The highest BCUT2D eigenvalue weighted by atomic mass is 16.1. The number of Topliss-reactive ketones (excluding diaryl/α,β-unsaturated/α-hetero) is 1. The zero-order valence-corrected chi connectivity index (χ0v) is 10.8. The summed E-state index contributed by atoms with van der Waals surface area (Å²) in [4.78, 5) is 16.4. The maximum absolute atomic E-state index is 12.1.